The molecule has 26 heavy (non-hydrogen) atoms. The van der Waals surface area contributed by atoms with Crippen LogP contribution in [0.3, 0.4) is 0 Å². The molecule has 0 aliphatic heterocycles. The van der Waals surface area contributed by atoms with Crippen molar-refractivity contribution in [1.29, 1.82) is 0 Å². The molecule has 0 spiro atoms. The quantitative estimate of drug-likeness (QED) is 0.734. The van der Waals surface area contributed by atoms with Crippen molar-refractivity contribution in [2.75, 3.05) is 12.8 Å². The van der Waals surface area contributed by atoms with E-state index in [1.54, 1.807) is 11.8 Å². The second-order valence-corrected chi connectivity index (χ2v) is 8.29. The molecule has 3 nitrogen and oxygen atoms in total. The average Bonchev–Trinajstić information content (AvgIpc) is 2.69. The number of rotatable bonds is 5. The Morgan fingerprint density at radius 2 is 1.96 bits per heavy atom. The molecule has 1 aliphatic carbocycles. The van der Waals surface area contributed by atoms with Gasteiger partial charge in [0, 0.05) is 33.5 Å². The number of hydrogen-bond donors (Lipinski definition) is 2. The normalized spacial score (nSPS) is 22.8. The molecule has 0 bridgehead atoms. The Labute approximate surface area is 164 Å². The zero-order chi connectivity index (χ0) is 18.6. The van der Waals surface area contributed by atoms with Crippen molar-refractivity contribution in [2.45, 2.75) is 42.0 Å². The lowest BCUT2D eigenvalue weighted by Crippen LogP contribution is -2.45. The Morgan fingerprint density at radius 3 is 2.62 bits per heavy atom. The third-order valence-electron chi connectivity index (χ3n) is 5.44. The molecule has 138 valence electrons. The van der Waals surface area contributed by atoms with Crippen molar-refractivity contribution in [3.05, 3.63) is 64.7 Å². The van der Waals surface area contributed by atoms with Gasteiger partial charge < -0.3 is 11.1 Å². The average molecular weight is 389 g/mol. The summed E-state index contributed by atoms with van der Waals surface area (Å²) in [7, 11) is 0. The summed E-state index contributed by atoms with van der Waals surface area (Å²) in [6.45, 7) is 0.601. The smallest absolute Gasteiger partial charge is 0.251 e. The number of carbonyl (C=O) groups excluding carboxylic acids is 1. The van der Waals surface area contributed by atoms with Gasteiger partial charge in [-0.1, -0.05) is 29.8 Å². The molecule has 1 saturated carbocycles. The summed E-state index contributed by atoms with van der Waals surface area (Å²) in [6, 6.07) is 16.0. The monoisotopic (exact) mass is 388 g/mol. The van der Waals surface area contributed by atoms with Gasteiger partial charge in [0.2, 0.25) is 0 Å². The van der Waals surface area contributed by atoms with Crippen molar-refractivity contribution in [3.63, 3.8) is 0 Å². The first-order valence-corrected chi connectivity index (χ1v) is 10.6. The molecular weight excluding hydrogens is 364 g/mol. The van der Waals surface area contributed by atoms with E-state index >= 15 is 0 Å². The van der Waals surface area contributed by atoms with Crippen LogP contribution in [-0.4, -0.2) is 24.7 Å². The molecule has 0 unspecified atom stereocenters. The first-order chi connectivity index (χ1) is 12.6. The number of carbonyl (C=O) groups is 1. The fraction of sp³-hybridized carbons (Fsp3) is 0.381. The van der Waals surface area contributed by atoms with Gasteiger partial charge in [0.25, 0.3) is 5.91 Å². The van der Waals surface area contributed by atoms with E-state index in [4.69, 9.17) is 17.3 Å². The van der Waals surface area contributed by atoms with Gasteiger partial charge in [0.05, 0.1) is 0 Å². The molecular formula is C21H25ClN2OS. The molecule has 0 aromatic heterocycles. The molecule has 0 saturated heterocycles. The highest BCUT2D eigenvalue weighted by atomic mass is 35.5. The molecule has 5 heteroatoms. The van der Waals surface area contributed by atoms with E-state index < -0.39 is 0 Å². The van der Waals surface area contributed by atoms with E-state index in [9.17, 15) is 4.79 Å². The van der Waals surface area contributed by atoms with Crippen LogP contribution < -0.4 is 11.1 Å². The van der Waals surface area contributed by atoms with E-state index in [1.807, 2.05) is 48.7 Å². The van der Waals surface area contributed by atoms with Crippen LogP contribution in [-0.2, 0) is 5.41 Å². The Bertz CT molecular complexity index is 772. The van der Waals surface area contributed by atoms with Crippen LogP contribution >= 0.6 is 23.4 Å². The highest BCUT2D eigenvalue weighted by Gasteiger charge is 2.36. The van der Waals surface area contributed by atoms with Crippen LogP contribution in [0.15, 0.2) is 53.4 Å². The summed E-state index contributed by atoms with van der Waals surface area (Å²) >= 11 is 7.82. The van der Waals surface area contributed by atoms with Crippen molar-refractivity contribution in [1.82, 2.24) is 5.32 Å². The van der Waals surface area contributed by atoms with Crippen molar-refractivity contribution in [2.24, 2.45) is 5.73 Å². The number of thioether (sulfide) groups is 1. The highest BCUT2D eigenvalue weighted by Crippen LogP contribution is 2.39. The van der Waals surface area contributed by atoms with Gasteiger partial charge >= 0.3 is 0 Å². The molecule has 1 fully saturated rings. The Morgan fingerprint density at radius 1 is 1.23 bits per heavy atom. The van der Waals surface area contributed by atoms with Gasteiger partial charge in [0.1, 0.15) is 0 Å². The zero-order valence-electron chi connectivity index (χ0n) is 15.0. The molecule has 0 radical (unpaired) electrons. The van der Waals surface area contributed by atoms with E-state index in [-0.39, 0.29) is 17.4 Å². The fourth-order valence-electron chi connectivity index (χ4n) is 3.78. The number of halogens is 1. The lowest BCUT2D eigenvalue weighted by molar-refractivity contribution is 0.0917. The molecule has 1 aliphatic rings. The van der Waals surface area contributed by atoms with E-state index in [0.717, 1.165) is 41.2 Å². The summed E-state index contributed by atoms with van der Waals surface area (Å²) in [5, 5.41) is 3.95. The number of amides is 1. The molecule has 1 amide bonds. The number of hydrogen-bond acceptors (Lipinski definition) is 3. The summed E-state index contributed by atoms with van der Waals surface area (Å²) in [4.78, 5) is 13.7. The van der Waals surface area contributed by atoms with Gasteiger partial charge in [-0.2, -0.15) is 0 Å². The lowest BCUT2D eigenvalue weighted by atomic mass is 9.68. The predicted molar refractivity (Wildman–Crippen MR) is 110 cm³/mol. The summed E-state index contributed by atoms with van der Waals surface area (Å²) in [5.41, 5.74) is 8.06. The molecule has 3 N–H and O–H groups in total. The minimum Gasteiger partial charge on any atom is -0.349 e. The van der Waals surface area contributed by atoms with Gasteiger partial charge in [-0.25, -0.2) is 0 Å². The fourth-order valence-corrected chi connectivity index (χ4v) is 4.43. The number of nitrogens with one attached hydrogen (secondary N) is 1. The van der Waals surface area contributed by atoms with Crippen LogP contribution in [0.1, 0.15) is 41.6 Å². The van der Waals surface area contributed by atoms with Crippen molar-refractivity contribution in [3.8, 4) is 0 Å². The Kier molecular flexibility index (Phi) is 6.28. The maximum atomic E-state index is 12.6. The first-order valence-electron chi connectivity index (χ1n) is 8.97. The highest BCUT2D eigenvalue weighted by molar-refractivity contribution is 7.98. The van der Waals surface area contributed by atoms with E-state index in [0.29, 0.717) is 6.54 Å². The molecule has 2 aromatic rings. The third kappa shape index (κ3) is 4.25. The minimum atomic E-state index is -0.0368. The van der Waals surface area contributed by atoms with Gasteiger partial charge in [0.15, 0.2) is 0 Å². The van der Waals surface area contributed by atoms with Crippen LogP contribution in [0.2, 0.25) is 5.02 Å². The second kappa shape index (κ2) is 8.47. The largest absolute Gasteiger partial charge is 0.349 e. The van der Waals surface area contributed by atoms with E-state index in [1.165, 1.54) is 5.56 Å². The molecule has 0 atom stereocenters. The summed E-state index contributed by atoms with van der Waals surface area (Å²) in [5.74, 6) is 0.00824. The number of benzene rings is 2. The van der Waals surface area contributed by atoms with Crippen LogP contribution in [0.25, 0.3) is 0 Å². The van der Waals surface area contributed by atoms with Crippen LogP contribution in [0.5, 0.6) is 0 Å². The van der Waals surface area contributed by atoms with Gasteiger partial charge in [-0.05, 0) is 67.8 Å². The predicted octanol–water partition coefficient (Wildman–Crippen LogP) is 4.63. The van der Waals surface area contributed by atoms with Crippen molar-refractivity contribution >= 4 is 29.3 Å². The Hall–Kier alpha value is -1.49. The molecule has 0 heterocycles. The minimum absolute atomic E-state index is 0.00824. The molecule has 2 aromatic carbocycles. The van der Waals surface area contributed by atoms with Gasteiger partial charge in [-0.15, -0.1) is 11.8 Å². The maximum Gasteiger partial charge on any atom is 0.251 e. The topological polar surface area (TPSA) is 55.1 Å². The zero-order valence-corrected chi connectivity index (χ0v) is 16.6. The Balaban J connectivity index is 1.65. The van der Waals surface area contributed by atoms with Crippen molar-refractivity contribution < 1.29 is 4.79 Å². The summed E-state index contributed by atoms with van der Waals surface area (Å²) in [6.07, 6.45) is 5.79. The maximum absolute atomic E-state index is 12.6. The SMILES string of the molecule is CSc1cccc(C(=O)NC2CCC(CN)(c3cccc(Cl)c3)CC2)c1. The van der Waals surface area contributed by atoms with Gasteiger partial charge in [-0.3, -0.25) is 4.79 Å². The number of nitrogens with two attached hydrogens (primary N) is 1. The molecule has 3 rings (SSSR count). The lowest BCUT2D eigenvalue weighted by Gasteiger charge is -2.40. The van der Waals surface area contributed by atoms with Crippen LogP contribution in [0, 0.1) is 0 Å². The standard InChI is InChI=1S/C21H25ClN2OS/c1-26-19-7-2-4-15(12-19)20(25)24-18-8-10-21(14-23,11-9-18)16-5-3-6-17(22)13-16/h2-7,12-13,18H,8-11,14,23H2,1H3,(H,24,25). The first kappa shape index (κ1) is 19.3. The second-order valence-electron chi connectivity index (χ2n) is 6.97. The third-order valence-corrected chi connectivity index (χ3v) is 6.40. The summed E-state index contributed by atoms with van der Waals surface area (Å²) < 4.78 is 0. The van der Waals surface area contributed by atoms with E-state index in [2.05, 4.69) is 11.4 Å². The van der Waals surface area contributed by atoms with Crippen LogP contribution in [0.4, 0.5) is 0 Å².